The second kappa shape index (κ2) is 7.13. The number of hydrogen-bond donors (Lipinski definition) is 3. The van der Waals surface area contributed by atoms with Crippen molar-refractivity contribution in [2.75, 3.05) is 6.54 Å². The first-order valence-electron chi connectivity index (χ1n) is 8.04. The fraction of sp³-hybridized carbons (Fsp3) is 0.750. The van der Waals surface area contributed by atoms with Crippen molar-refractivity contribution in [1.82, 2.24) is 20.6 Å². The van der Waals surface area contributed by atoms with E-state index in [1.165, 1.54) is 6.42 Å². The normalized spacial score (nSPS) is 21.8. The lowest BCUT2D eigenvalue weighted by Crippen LogP contribution is -2.40. The molecule has 1 aliphatic rings. The molecule has 0 bridgehead atoms. The van der Waals surface area contributed by atoms with Gasteiger partial charge in [-0.3, -0.25) is 0 Å². The molecule has 1 aliphatic carbocycles. The van der Waals surface area contributed by atoms with E-state index in [1.807, 2.05) is 33.9 Å². The molecule has 22 heavy (non-hydrogen) atoms. The Labute approximate surface area is 132 Å². The fourth-order valence-electron chi connectivity index (χ4n) is 2.88. The quantitative estimate of drug-likeness (QED) is 0.781. The van der Waals surface area contributed by atoms with Crippen molar-refractivity contribution in [1.29, 1.82) is 0 Å². The molecule has 1 heterocycles. The molecule has 6 nitrogen and oxygen atoms in total. The van der Waals surface area contributed by atoms with Crippen LogP contribution < -0.4 is 10.6 Å². The van der Waals surface area contributed by atoms with Crippen molar-refractivity contribution >= 4 is 6.09 Å². The first-order chi connectivity index (χ1) is 10.3. The molecule has 2 unspecified atom stereocenters. The van der Waals surface area contributed by atoms with E-state index in [0.717, 1.165) is 30.9 Å². The van der Waals surface area contributed by atoms with Gasteiger partial charge in [0.25, 0.3) is 0 Å². The van der Waals surface area contributed by atoms with E-state index in [2.05, 4.69) is 20.6 Å². The summed E-state index contributed by atoms with van der Waals surface area (Å²) in [5.41, 5.74) is 0.652. The number of aromatic nitrogens is 2. The zero-order valence-electron chi connectivity index (χ0n) is 14.0. The first-order valence-corrected chi connectivity index (χ1v) is 8.04. The Balaban J connectivity index is 1.74. The number of nitrogens with one attached hydrogen (secondary N) is 3. The van der Waals surface area contributed by atoms with Gasteiger partial charge in [0, 0.05) is 31.0 Å². The second-order valence-electron chi connectivity index (χ2n) is 7.06. The third-order valence-corrected chi connectivity index (χ3v) is 3.88. The number of aromatic amines is 1. The first kappa shape index (κ1) is 16.8. The van der Waals surface area contributed by atoms with Gasteiger partial charge in [-0.05, 0) is 46.5 Å². The lowest BCUT2D eigenvalue weighted by atomic mass is 10.0. The Morgan fingerprint density at radius 2 is 2.23 bits per heavy atom. The van der Waals surface area contributed by atoms with Gasteiger partial charge in [-0.15, -0.1) is 0 Å². The minimum Gasteiger partial charge on any atom is -0.444 e. The van der Waals surface area contributed by atoms with Crippen molar-refractivity contribution in [3.05, 3.63) is 17.7 Å². The van der Waals surface area contributed by atoms with Crippen LogP contribution in [0.4, 0.5) is 4.79 Å². The second-order valence-corrected chi connectivity index (χ2v) is 7.06. The van der Waals surface area contributed by atoms with Gasteiger partial charge in [-0.1, -0.05) is 6.42 Å². The molecule has 124 valence electrons. The van der Waals surface area contributed by atoms with Crippen LogP contribution in [0.3, 0.4) is 0 Å². The summed E-state index contributed by atoms with van der Waals surface area (Å²) < 4.78 is 5.28. The van der Waals surface area contributed by atoms with Gasteiger partial charge in [-0.2, -0.15) is 0 Å². The molecule has 1 saturated carbocycles. The van der Waals surface area contributed by atoms with Gasteiger partial charge in [-0.25, -0.2) is 9.78 Å². The number of rotatable bonds is 5. The van der Waals surface area contributed by atoms with Gasteiger partial charge in [0.2, 0.25) is 0 Å². The number of ether oxygens (including phenoxy) is 1. The molecule has 1 aromatic rings. The van der Waals surface area contributed by atoms with Crippen LogP contribution in [0.2, 0.25) is 0 Å². The number of aryl methyl sites for hydroxylation is 1. The average Bonchev–Trinajstić information content (AvgIpc) is 3.00. The molecular formula is C16H28N4O2. The van der Waals surface area contributed by atoms with E-state index >= 15 is 0 Å². The third-order valence-electron chi connectivity index (χ3n) is 3.88. The summed E-state index contributed by atoms with van der Waals surface area (Å²) >= 11 is 0. The summed E-state index contributed by atoms with van der Waals surface area (Å²) in [6.07, 6.45) is 5.01. The maximum atomic E-state index is 11.7. The van der Waals surface area contributed by atoms with Crippen LogP contribution in [-0.4, -0.2) is 34.2 Å². The molecule has 0 aromatic carbocycles. The lowest BCUT2D eigenvalue weighted by molar-refractivity contribution is 0.0517. The van der Waals surface area contributed by atoms with Crippen LogP contribution in [0.5, 0.6) is 0 Å². The molecule has 1 aromatic heterocycles. The maximum Gasteiger partial charge on any atom is 0.407 e. The largest absolute Gasteiger partial charge is 0.444 e. The zero-order valence-corrected chi connectivity index (χ0v) is 14.0. The van der Waals surface area contributed by atoms with Crippen molar-refractivity contribution < 1.29 is 9.53 Å². The predicted octanol–water partition coefficient (Wildman–Crippen LogP) is 2.50. The Bertz CT molecular complexity index is 493. The van der Waals surface area contributed by atoms with E-state index in [9.17, 15) is 4.79 Å². The van der Waals surface area contributed by atoms with E-state index in [1.54, 1.807) is 0 Å². The van der Waals surface area contributed by atoms with E-state index in [-0.39, 0.29) is 6.09 Å². The van der Waals surface area contributed by atoms with Crippen molar-refractivity contribution in [2.24, 2.45) is 5.92 Å². The smallest absolute Gasteiger partial charge is 0.407 e. The SMILES string of the molecule is Cc1ncc(CNC2CCCC2CNC(=O)OC(C)(C)C)[nH]1. The summed E-state index contributed by atoms with van der Waals surface area (Å²) in [5.74, 6) is 1.39. The monoisotopic (exact) mass is 308 g/mol. The molecule has 1 amide bonds. The van der Waals surface area contributed by atoms with Gasteiger partial charge in [0.15, 0.2) is 0 Å². The highest BCUT2D eigenvalue weighted by atomic mass is 16.6. The van der Waals surface area contributed by atoms with Gasteiger partial charge < -0.3 is 20.4 Å². The molecule has 0 radical (unpaired) electrons. The van der Waals surface area contributed by atoms with Crippen molar-refractivity contribution in [2.45, 2.75) is 65.1 Å². The maximum absolute atomic E-state index is 11.7. The zero-order chi connectivity index (χ0) is 16.2. The molecule has 0 spiro atoms. The van der Waals surface area contributed by atoms with Crippen molar-refractivity contribution in [3.8, 4) is 0 Å². The topological polar surface area (TPSA) is 79.0 Å². The molecule has 0 aliphatic heterocycles. The number of imidazole rings is 1. The van der Waals surface area contributed by atoms with Gasteiger partial charge >= 0.3 is 6.09 Å². The molecule has 3 N–H and O–H groups in total. The number of hydrogen-bond acceptors (Lipinski definition) is 4. The number of alkyl carbamates (subject to hydrolysis) is 1. The molecule has 6 heteroatoms. The van der Waals surface area contributed by atoms with E-state index in [4.69, 9.17) is 4.74 Å². The number of H-pyrrole nitrogens is 1. The average molecular weight is 308 g/mol. The minimum atomic E-state index is -0.449. The summed E-state index contributed by atoms with van der Waals surface area (Å²) in [6, 6.07) is 0.429. The molecule has 1 fully saturated rings. The van der Waals surface area contributed by atoms with Crippen LogP contribution >= 0.6 is 0 Å². The highest BCUT2D eigenvalue weighted by Crippen LogP contribution is 2.25. The van der Waals surface area contributed by atoms with Crippen LogP contribution in [-0.2, 0) is 11.3 Å². The number of carbonyl (C=O) groups excluding carboxylic acids is 1. The van der Waals surface area contributed by atoms with Crippen LogP contribution in [0.15, 0.2) is 6.20 Å². The van der Waals surface area contributed by atoms with E-state index in [0.29, 0.717) is 18.5 Å². The Kier molecular flexibility index (Phi) is 5.45. The number of nitrogens with zero attached hydrogens (tertiary/aromatic N) is 1. The Morgan fingerprint density at radius 3 is 2.86 bits per heavy atom. The van der Waals surface area contributed by atoms with Crippen LogP contribution in [0.1, 0.15) is 51.6 Å². The molecule has 2 rings (SSSR count). The molecule has 0 saturated heterocycles. The highest BCUT2D eigenvalue weighted by molar-refractivity contribution is 5.67. The molecule has 2 atom stereocenters. The fourth-order valence-corrected chi connectivity index (χ4v) is 2.88. The van der Waals surface area contributed by atoms with Crippen LogP contribution in [0.25, 0.3) is 0 Å². The Morgan fingerprint density at radius 1 is 1.45 bits per heavy atom. The summed E-state index contributed by atoms with van der Waals surface area (Å²) in [6.45, 7) is 9.02. The van der Waals surface area contributed by atoms with Gasteiger partial charge in [0.1, 0.15) is 11.4 Å². The number of amides is 1. The Hall–Kier alpha value is -1.56. The van der Waals surface area contributed by atoms with E-state index < -0.39 is 5.60 Å². The van der Waals surface area contributed by atoms with Gasteiger partial charge in [0.05, 0.1) is 0 Å². The summed E-state index contributed by atoms with van der Waals surface area (Å²) in [4.78, 5) is 19.2. The summed E-state index contributed by atoms with van der Waals surface area (Å²) in [5, 5.41) is 6.46. The standard InChI is InChI=1S/C16H28N4O2/c1-11-17-9-13(20-11)10-18-14-7-5-6-12(14)8-19-15(21)22-16(2,3)4/h9,12,14,18H,5-8,10H2,1-4H3,(H,17,20)(H,19,21). The predicted molar refractivity (Wildman–Crippen MR) is 85.5 cm³/mol. The highest BCUT2D eigenvalue weighted by Gasteiger charge is 2.27. The third kappa shape index (κ3) is 5.33. The summed E-state index contributed by atoms with van der Waals surface area (Å²) in [7, 11) is 0. The number of carbonyl (C=O) groups is 1. The lowest BCUT2D eigenvalue weighted by Gasteiger charge is -2.23. The van der Waals surface area contributed by atoms with Crippen LogP contribution in [0, 0.1) is 12.8 Å². The minimum absolute atomic E-state index is 0.331. The van der Waals surface area contributed by atoms with Crippen molar-refractivity contribution in [3.63, 3.8) is 0 Å². The molecular weight excluding hydrogens is 280 g/mol.